The molecule has 10 heteroatoms. The van der Waals surface area contributed by atoms with Crippen molar-refractivity contribution in [1.82, 2.24) is 14.9 Å². The van der Waals surface area contributed by atoms with Crippen LogP contribution in [0.15, 0.2) is 48.0 Å². The molecule has 0 radical (unpaired) electrons. The highest BCUT2D eigenvalue weighted by molar-refractivity contribution is 7.14. The summed E-state index contributed by atoms with van der Waals surface area (Å²) in [6.45, 7) is 5.97. The van der Waals surface area contributed by atoms with Crippen molar-refractivity contribution >= 4 is 34.0 Å². The van der Waals surface area contributed by atoms with Gasteiger partial charge in [-0.3, -0.25) is 14.9 Å². The second-order valence-corrected chi connectivity index (χ2v) is 8.95. The van der Waals surface area contributed by atoms with Gasteiger partial charge >= 0.3 is 0 Å². The molecule has 1 saturated heterocycles. The van der Waals surface area contributed by atoms with E-state index in [9.17, 15) is 9.59 Å². The summed E-state index contributed by atoms with van der Waals surface area (Å²) >= 11 is 1.36. The fourth-order valence-corrected chi connectivity index (χ4v) is 4.53. The number of carbonyl (C=O) groups excluding carboxylic acids is 2. The van der Waals surface area contributed by atoms with Crippen LogP contribution in [0.1, 0.15) is 23.0 Å². The zero-order valence-corrected chi connectivity index (χ0v) is 20.7. The van der Waals surface area contributed by atoms with E-state index in [1.807, 2.05) is 40.6 Å². The average Bonchev–Trinajstić information content (AvgIpc) is 3.35. The highest BCUT2D eigenvalue weighted by Crippen LogP contribution is 2.28. The molecule has 0 aliphatic carbocycles. The first-order valence-corrected chi connectivity index (χ1v) is 12.3. The smallest absolute Gasteiger partial charge is 0.276 e. The second-order valence-electron chi connectivity index (χ2n) is 8.09. The molecule has 1 N–H and O–H groups in total. The number of piperazine rings is 1. The Kier molecular flexibility index (Phi) is 8.40. The number of hydrogen-bond donors (Lipinski definition) is 1. The molecular formula is C25H29N5O4S. The van der Waals surface area contributed by atoms with Gasteiger partial charge in [-0.2, -0.15) is 0 Å². The minimum Gasteiger partial charge on any atom is -0.382 e. The summed E-state index contributed by atoms with van der Waals surface area (Å²) < 4.78 is 10.7. The number of anilines is 2. The van der Waals surface area contributed by atoms with E-state index in [0.29, 0.717) is 43.7 Å². The quantitative estimate of drug-likeness (QED) is 0.455. The van der Waals surface area contributed by atoms with Crippen molar-refractivity contribution in [2.45, 2.75) is 13.5 Å². The Balaban J connectivity index is 1.36. The third-order valence-corrected chi connectivity index (χ3v) is 6.54. The lowest BCUT2D eigenvalue weighted by Crippen LogP contribution is -2.48. The van der Waals surface area contributed by atoms with Gasteiger partial charge < -0.3 is 19.3 Å². The molecule has 1 aliphatic heterocycles. The second kappa shape index (κ2) is 11.9. The van der Waals surface area contributed by atoms with Crippen molar-refractivity contribution in [2.24, 2.45) is 0 Å². The van der Waals surface area contributed by atoms with E-state index in [2.05, 4.69) is 20.2 Å². The molecule has 0 atom stereocenters. The molecule has 0 bridgehead atoms. The first kappa shape index (κ1) is 24.8. The molecule has 3 aromatic rings. The van der Waals surface area contributed by atoms with E-state index in [-0.39, 0.29) is 11.8 Å². The van der Waals surface area contributed by atoms with Crippen LogP contribution in [0.3, 0.4) is 0 Å². The molecule has 0 spiro atoms. The molecule has 9 nitrogen and oxygen atoms in total. The van der Waals surface area contributed by atoms with Crippen molar-refractivity contribution in [3.05, 3.63) is 59.2 Å². The van der Waals surface area contributed by atoms with Gasteiger partial charge in [-0.25, -0.2) is 9.97 Å². The van der Waals surface area contributed by atoms with Gasteiger partial charge in [0.25, 0.3) is 5.91 Å². The lowest BCUT2D eigenvalue weighted by Gasteiger charge is -2.35. The van der Waals surface area contributed by atoms with Gasteiger partial charge in [-0.15, -0.1) is 11.3 Å². The van der Waals surface area contributed by atoms with Crippen LogP contribution < -0.4 is 10.2 Å². The summed E-state index contributed by atoms with van der Waals surface area (Å²) in [5.41, 5.74) is 4.02. The van der Waals surface area contributed by atoms with Crippen LogP contribution >= 0.6 is 11.3 Å². The van der Waals surface area contributed by atoms with Crippen LogP contribution in [0.4, 0.5) is 10.8 Å². The van der Waals surface area contributed by atoms with Crippen LogP contribution in [0.2, 0.25) is 0 Å². The Labute approximate surface area is 208 Å². The maximum Gasteiger partial charge on any atom is 0.276 e. The summed E-state index contributed by atoms with van der Waals surface area (Å²) in [5, 5.41) is 5.27. The van der Waals surface area contributed by atoms with Crippen molar-refractivity contribution in [1.29, 1.82) is 0 Å². The van der Waals surface area contributed by atoms with Crippen LogP contribution in [-0.4, -0.2) is 73.2 Å². The molecule has 1 aliphatic rings. The minimum absolute atomic E-state index is 0.0963. The van der Waals surface area contributed by atoms with Gasteiger partial charge in [0.15, 0.2) is 5.13 Å². The molecule has 1 aromatic carbocycles. The molecule has 184 valence electrons. The third kappa shape index (κ3) is 6.41. The average molecular weight is 496 g/mol. The number of pyridine rings is 1. The van der Waals surface area contributed by atoms with Crippen LogP contribution in [0.25, 0.3) is 11.3 Å². The maximum absolute atomic E-state index is 12.7. The Bertz CT molecular complexity index is 1140. The summed E-state index contributed by atoms with van der Waals surface area (Å²) in [4.78, 5) is 37.2. The molecule has 0 unspecified atom stereocenters. The topological polar surface area (TPSA) is 96.9 Å². The largest absolute Gasteiger partial charge is 0.382 e. The number of methoxy groups -OCH3 is 1. The number of benzene rings is 1. The highest BCUT2D eigenvalue weighted by atomic mass is 32.1. The normalized spacial score (nSPS) is 13.7. The monoisotopic (exact) mass is 495 g/mol. The number of carbonyl (C=O) groups is 2. The number of hydrogen-bond acceptors (Lipinski definition) is 8. The SMILES string of the molecule is COCCOCc1ccccc1-c1csc(NC(=O)c2ccc(N3CCN(C(C)=O)CC3)cn2)n1. The Morgan fingerprint density at radius 3 is 2.60 bits per heavy atom. The van der Waals surface area contributed by atoms with E-state index < -0.39 is 0 Å². The number of nitrogens with one attached hydrogen (secondary N) is 1. The number of amides is 2. The number of rotatable bonds is 9. The highest BCUT2D eigenvalue weighted by Gasteiger charge is 2.19. The summed E-state index contributed by atoms with van der Waals surface area (Å²) in [6, 6.07) is 11.5. The van der Waals surface area contributed by atoms with Crippen LogP contribution in [0, 0.1) is 0 Å². The van der Waals surface area contributed by atoms with Crippen molar-refractivity contribution in [2.75, 3.05) is 56.7 Å². The van der Waals surface area contributed by atoms with Gasteiger partial charge in [-0.05, 0) is 17.7 Å². The van der Waals surface area contributed by atoms with Gasteiger partial charge in [-0.1, -0.05) is 24.3 Å². The molecular weight excluding hydrogens is 466 g/mol. The minimum atomic E-state index is -0.310. The van der Waals surface area contributed by atoms with E-state index in [4.69, 9.17) is 9.47 Å². The zero-order valence-electron chi connectivity index (χ0n) is 19.9. The zero-order chi connectivity index (χ0) is 24.6. The number of thiazole rings is 1. The maximum atomic E-state index is 12.7. The molecule has 35 heavy (non-hydrogen) atoms. The molecule has 3 heterocycles. The fourth-order valence-electron chi connectivity index (χ4n) is 3.82. The van der Waals surface area contributed by atoms with E-state index in [1.54, 1.807) is 26.3 Å². The third-order valence-electron chi connectivity index (χ3n) is 5.78. The fraction of sp³-hybridized carbons (Fsp3) is 0.360. The van der Waals surface area contributed by atoms with Crippen LogP contribution in [0.5, 0.6) is 0 Å². The van der Waals surface area contributed by atoms with Crippen LogP contribution in [-0.2, 0) is 20.9 Å². The molecule has 1 fully saturated rings. The van der Waals surface area contributed by atoms with Gasteiger partial charge in [0.1, 0.15) is 5.69 Å². The van der Waals surface area contributed by atoms with E-state index >= 15 is 0 Å². The van der Waals surface area contributed by atoms with Gasteiger partial charge in [0.05, 0.1) is 37.4 Å². The summed E-state index contributed by atoms with van der Waals surface area (Å²) in [7, 11) is 1.64. The number of ether oxygens (including phenoxy) is 2. The first-order valence-electron chi connectivity index (χ1n) is 11.4. The summed E-state index contributed by atoms with van der Waals surface area (Å²) in [6.07, 6.45) is 1.70. The molecule has 0 saturated carbocycles. The van der Waals surface area contributed by atoms with Crippen molar-refractivity contribution in [3.8, 4) is 11.3 Å². The Morgan fingerprint density at radius 1 is 1.09 bits per heavy atom. The molecule has 2 aromatic heterocycles. The molecule has 4 rings (SSSR count). The predicted molar refractivity (Wildman–Crippen MR) is 136 cm³/mol. The standard InChI is InChI=1S/C25H29N5O4S/c1-18(31)29-9-11-30(12-10-29)20-7-8-22(26-15-20)24(32)28-25-27-23(17-35-25)21-6-4-3-5-19(21)16-34-14-13-33-2/h3-8,15,17H,9-14,16H2,1-2H3,(H,27,28,32). The molecule has 2 amide bonds. The predicted octanol–water partition coefficient (Wildman–Crippen LogP) is 3.29. The summed E-state index contributed by atoms with van der Waals surface area (Å²) in [5.74, 6) is -0.214. The van der Waals surface area contributed by atoms with Gasteiger partial charge in [0, 0.05) is 51.2 Å². The Hall–Kier alpha value is -3.34. The van der Waals surface area contributed by atoms with E-state index in [1.165, 1.54) is 11.3 Å². The van der Waals surface area contributed by atoms with Crippen molar-refractivity contribution in [3.63, 3.8) is 0 Å². The number of nitrogens with zero attached hydrogens (tertiary/aromatic N) is 4. The first-order chi connectivity index (χ1) is 17.0. The van der Waals surface area contributed by atoms with E-state index in [0.717, 1.165) is 35.6 Å². The van der Waals surface area contributed by atoms with Gasteiger partial charge in [0.2, 0.25) is 5.91 Å². The lowest BCUT2D eigenvalue weighted by atomic mass is 10.1. The van der Waals surface area contributed by atoms with Crippen molar-refractivity contribution < 1.29 is 19.1 Å². The lowest BCUT2D eigenvalue weighted by molar-refractivity contribution is -0.129. The number of aromatic nitrogens is 2. The Morgan fingerprint density at radius 2 is 1.89 bits per heavy atom.